The molecule has 0 aliphatic carbocycles. The van der Waals surface area contributed by atoms with Crippen molar-refractivity contribution in [2.24, 2.45) is 0 Å². The minimum absolute atomic E-state index is 0.146. The third kappa shape index (κ3) is 3.20. The predicted octanol–water partition coefficient (Wildman–Crippen LogP) is 3.25. The van der Waals surface area contributed by atoms with Crippen LogP contribution in [0.4, 0.5) is 5.69 Å². The van der Waals surface area contributed by atoms with Gasteiger partial charge in [-0.05, 0) is 46.9 Å². The Morgan fingerprint density at radius 1 is 0.857 bits per heavy atom. The van der Waals surface area contributed by atoms with Crippen molar-refractivity contribution in [3.63, 3.8) is 0 Å². The highest BCUT2D eigenvalue weighted by atomic mass is 127. The minimum Gasteiger partial charge on any atom is -0.368 e. The van der Waals surface area contributed by atoms with Gasteiger partial charge in [-0.3, -0.25) is 4.79 Å². The van der Waals surface area contributed by atoms with E-state index >= 15 is 0 Å². The second-order valence-corrected chi connectivity index (χ2v) is 6.26. The zero-order valence-corrected chi connectivity index (χ0v) is 13.9. The minimum atomic E-state index is 0.146. The van der Waals surface area contributed by atoms with Crippen LogP contribution in [-0.2, 0) is 0 Å². The van der Waals surface area contributed by atoms with E-state index < -0.39 is 0 Å². The van der Waals surface area contributed by atoms with Gasteiger partial charge < -0.3 is 9.80 Å². The number of piperazine rings is 1. The molecule has 1 heterocycles. The molecule has 0 saturated carbocycles. The van der Waals surface area contributed by atoms with Crippen molar-refractivity contribution >= 4 is 34.2 Å². The molecule has 3 nitrogen and oxygen atoms in total. The summed E-state index contributed by atoms with van der Waals surface area (Å²) >= 11 is 2.23. The van der Waals surface area contributed by atoms with Gasteiger partial charge in [0.05, 0.1) is 5.56 Å². The molecule has 0 spiro atoms. The number of hydrogen-bond acceptors (Lipinski definition) is 2. The Labute approximate surface area is 138 Å². The van der Waals surface area contributed by atoms with Gasteiger partial charge in [-0.25, -0.2) is 0 Å². The van der Waals surface area contributed by atoms with Crippen LogP contribution < -0.4 is 4.90 Å². The Morgan fingerprint density at radius 3 is 2.14 bits per heavy atom. The summed E-state index contributed by atoms with van der Waals surface area (Å²) in [5.74, 6) is 0.146. The molecule has 0 unspecified atom stereocenters. The summed E-state index contributed by atoms with van der Waals surface area (Å²) in [5.41, 5.74) is 2.05. The third-order valence-corrected chi connectivity index (χ3v) is 4.73. The lowest BCUT2D eigenvalue weighted by Crippen LogP contribution is -2.48. The first-order valence-corrected chi connectivity index (χ1v) is 8.17. The molecule has 4 heteroatoms. The summed E-state index contributed by atoms with van der Waals surface area (Å²) in [4.78, 5) is 16.9. The molecule has 2 aromatic carbocycles. The van der Waals surface area contributed by atoms with Crippen molar-refractivity contribution in [2.45, 2.75) is 0 Å². The molecule has 0 atom stereocenters. The Morgan fingerprint density at radius 2 is 1.48 bits per heavy atom. The van der Waals surface area contributed by atoms with E-state index in [0.29, 0.717) is 0 Å². The second kappa shape index (κ2) is 6.47. The summed E-state index contributed by atoms with van der Waals surface area (Å²) in [7, 11) is 0. The molecule has 21 heavy (non-hydrogen) atoms. The molecule has 0 N–H and O–H groups in total. The second-order valence-electron chi connectivity index (χ2n) is 5.09. The summed E-state index contributed by atoms with van der Waals surface area (Å²) in [6, 6.07) is 18.2. The average Bonchev–Trinajstić information content (AvgIpc) is 2.56. The van der Waals surface area contributed by atoms with Crippen LogP contribution in [0.1, 0.15) is 10.4 Å². The lowest BCUT2D eigenvalue weighted by molar-refractivity contribution is 0.0745. The maximum Gasteiger partial charge on any atom is 0.255 e. The van der Waals surface area contributed by atoms with Gasteiger partial charge in [0.1, 0.15) is 0 Å². The van der Waals surface area contributed by atoms with Gasteiger partial charge >= 0.3 is 0 Å². The van der Waals surface area contributed by atoms with E-state index in [1.165, 1.54) is 5.69 Å². The molecule has 1 aliphatic heterocycles. The zero-order valence-electron chi connectivity index (χ0n) is 11.7. The summed E-state index contributed by atoms with van der Waals surface area (Å²) in [6.45, 7) is 3.33. The number of rotatable bonds is 2. The third-order valence-electron chi connectivity index (χ3n) is 3.79. The van der Waals surface area contributed by atoms with E-state index in [2.05, 4.69) is 51.8 Å². The van der Waals surface area contributed by atoms with Gasteiger partial charge in [-0.15, -0.1) is 0 Å². The van der Waals surface area contributed by atoms with Crippen LogP contribution in [0.3, 0.4) is 0 Å². The van der Waals surface area contributed by atoms with E-state index in [1.54, 1.807) is 0 Å². The Hall–Kier alpha value is -1.56. The van der Waals surface area contributed by atoms with E-state index in [4.69, 9.17) is 0 Å². The molecule has 3 rings (SSSR count). The molecule has 0 bridgehead atoms. The van der Waals surface area contributed by atoms with Crippen LogP contribution in [0, 0.1) is 3.57 Å². The Bertz CT molecular complexity index is 622. The highest BCUT2D eigenvalue weighted by molar-refractivity contribution is 14.1. The molecular formula is C17H17IN2O. The number of hydrogen-bond donors (Lipinski definition) is 0. The van der Waals surface area contributed by atoms with E-state index in [-0.39, 0.29) is 5.91 Å². The number of para-hydroxylation sites is 1. The van der Waals surface area contributed by atoms with Crippen molar-refractivity contribution in [1.29, 1.82) is 0 Å². The van der Waals surface area contributed by atoms with Crippen LogP contribution in [0.5, 0.6) is 0 Å². The number of amides is 1. The van der Waals surface area contributed by atoms with Gasteiger partial charge in [0.2, 0.25) is 0 Å². The van der Waals surface area contributed by atoms with Crippen LogP contribution in [-0.4, -0.2) is 37.0 Å². The molecule has 1 aliphatic rings. The van der Waals surface area contributed by atoms with Gasteiger partial charge in [-0.2, -0.15) is 0 Å². The zero-order chi connectivity index (χ0) is 14.7. The van der Waals surface area contributed by atoms with Crippen LogP contribution in [0.25, 0.3) is 0 Å². The van der Waals surface area contributed by atoms with Crippen LogP contribution >= 0.6 is 22.6 Å². The largest absolute Gasteiger partial charge is 0.368 e. The number of carbonyl (C=O) groups is 1. The van der Waals surface area contributed by atoms with Crippen molar-refractivity contribution in [1.82, 2.24) is 4.90 Å². The average molecular weight is 392 g/mol. The molecule has 0 radical (unpaired) electrons. The molecule has 0 aromatic heterocycles. The van der Waals surface area contributed by atoms with Crippen molar-refractivity contribution < 1.29 is 4.79 Å². The first-order valence-electron chi connectivity index (χ1n) is 7.09. The number of halogens is 1. The molecule has 1 amide bonds. The smallest absolute Gasteiger partial charge is 0.255 e. The molecule has 108 valence electrons. The van der Waals surface area contributed by atoms with Gasteiger partial charge in [-0.1, -0.05) is 30.3 Å². The fraction of sp³-hybridized carbons (Fsp3) is 0.235. The van der Waals surface area contributed by atoms with Crippen molar-refractivity contribution in [2.75, 3.05) is 31.1 Å². The number of carbonyl (C=O) groups excluding carboxylic acids is 1. The van der Waals surface area contributed by atoms with E-state index in [9.17, 15) is 4.79 Å². The number of anilines is 1. The first-order chi connectivity index (χ1) is 10.3. The SMILES string of the molecule is O=C(c1ccccc1I)N1CCN(c2ccccc2)CC1. The highest BCUT2D eigenvalue weighted by Crippen LogP contribution is 2.18. The molecule has 1 fully saturated rings. The highest BCUT2D eigenvalue weighted by Gasteiger charge is 2.23. The van der Waals surface area contributed by atoms with E-state index in [0.717, 1.165) is 35.3 Å². The summed E-state index contributed by atoms with van der Waals surface area (Å²) < 4.78 is 1.02. The standard InChI is InChI=1S/C17H17IN2O/c18-16-9-5-4-8-15(16)17(21)20-12-10-19(11-13-20)14-6-2-1-3-7-14/h1-9H,10-13H2. The van der Waals surface area contributed by atoms with E-state index in [1.807, 2.05) is 35.2 Å². The van der Waals surface area contributed by atoms with Gasteiger partial charge in [0.25, 0.3) is 5.91 Å². The summed E-state index contributed by atoms with van der Waals surface area (Å²) in [6.07, 6.45) is 0. The number of benzene rings is 2. The lowest BCUT2D eigenvalue weighted by Gasteiger charge is -2.36. The van der Waals surface area contributed by atoms with Crippen LogP contribution in [0.15, 0.2) is 54.6 Å². The monoisotopic (exact) mass is 392 g/mol. The fourth-order valence-corrected chi connectivity index (χ4v) is 3.23. The van der Waals surface area contributed by atoms with Gasteiger partial charge in [0.15, 0.2) is 0 Å². The first kappa shape index (κ1) is 14.4. The topological polar surface area (TPSA) is 23.6 Å². The maximum atomic E-state index is 12.6. The van der Waals surface area contributed by atoms with Crippen LogP contribution in [0.2, 0.25) is 0 Å². The molecule has 2 aromatic rings. The predicted molar refractivity (Wildman–Crippen MR) is 93.7 cm³/mol. The summed E-state index contributed by atoms with van der Waals surface area (Å²) in [5, 5.41) is 0. The normalized spacial score (nSPS) is 15.1. The van der Waals surface area contributed by atoms with Crippen molar-refractivity contribution in [3.05, 3.63) is 63.7 Å². The van der Waals surface area contributed by atoms with Gasteiger partial charge in [0, 0.05) is 35.4 Å². The Balaban J connectivity index is 1.66. The fourth-order valence-electron chi connectivity index (χ4n) is 2.61. The molecular weight excluding hydrogens is 375 g/mol. The quantitative estimate of drug-likeness (QED) is 0.733. The lowest BCUT2D eigenvalue weighted by atomic mass is 10.1. The maximum absolute atomic E-state index is 12.6. The molecule has 1 saturated heterocycles. The van der Waals surface area contributed by atoms with Crippen molar-refractivity contribution in [3.8, 4) is 0 Å². The number of nitrogens with zero attached hydrogens (tertiary/aromatic N) is 2. The Kier molecular flexibility index (Phi) is 4.43.